The number of para-hydroxylation sites is 1. The molecule has 0 spiro atoms. The highest BCUT2D eigenvalue weighted by Crippen LogP contribution is 2.39. The summed E-state index contributed by atoms with van der Waals surface area (Å²) in [6, 6.07) is 9.84. The third kappa shape index (κ3) is 3.39. The first-order chi connectivity index (χ1) is 13.5. The molecule has 142 valence electrons. The number of aromatic nitrogens is 1. The number of phenolic OH excluding ortho intramolecular Hbond substituents is 1. The molecule has 0 saturated carbocycles. The van der Waals surface area contributed by atoms with Crippen molar-refractivity contribution in [3.8, 4) is 23.3 Å². The summed E-state index contributed by atoms with van der Waals surface area (Å²) in [5.41, 5.74) is 1.37. The first kappa shape index (κ1) is 18.6. The quantitative estimate of drug-likeness (QED) is 0.492. The summed E-state index contributed by atoms with van der Waals surface area (Å²) in [5.74, 6) is 0.655. The van der Waals surface area contributed by atoms with Crippen molar-refractivity contribution in [2.45, 2.75) is 0 Å². The van der Waals surface area contributed by atoms with Gasteiger partial charge in [-0.25, -0.2) is 4.79 Å². The van der Waals surface area contributed by atoms with Crippen LogP contribution in [0.1, 0.15) is 5.56 Å². The van der Waals surface area contributed by atoms with Gasteiger partial charge in [0.1, 0.15) is 17.5 Å². The molecule has 3 aromatic rings. The summed E-state index contributed by atoms with van der Waals surface area (Å²) >= 11 is 0. The van der Waals surface area contributed by atoms with E-state index in [4.69, 9.17) is 14.6 Å². The standard InChI is InChI=1S/C19H16N4O5/c1-27-15-6-11-13(7-16(15)28-2)21-9-10(8-20)17(11)22-12-4-3-5-14(24)18(12)23-19(25)26/h3-7,9,23-24H,1-2H3,(H,21,22)(H,25,26). The number of fused-ring (bicyclic) bond motifs is 1. The molecule has 1 heterocycles. The van der Waals surface area contributed by atoms with Gasteiger partial charge < -0.3 is 25.0 Å². The summed E-state index contributed by atoms with van der Waals surface area (Å²) in [5, 5.41) is 34.3. The highest BCUT2D eigenvalue weighted by atomic mass is 16.5. The predicted molar refractivity (Wildman–Crippen MR) is 103 cm³/mol. The molecular formula is C19H16N4O5. The zero-order chi connectivity index (χ0) is 20.3. The van der Waals surface area contributed by atoms with Gasteiger partial charge in [0.25, 0.3) is 0 Å². The number of phenols is 1. The minimum atomic E-state index is -1.34. The summed E-state index contributed by atoms with van der Waals surface area (Å²) in [7, 11) is 2.99. The fourth-order valence-corrected chi connectivity index (χ4v) is 2.76. The van der Waals surface area contributed by atoms with E-state index in [9.17, 15) is 15.2 Å². The van der Waals surface area contributed by atoms with Crippen molar-refractivity contribution in [1.29, 1.82) is 5.26 Å². The van der Waals surface area contributed by atoms with Gasteiger partial charge in [-0.3, -0.25) is 10.3 Å². The maximum Gasteiger partial charge on any atom is 0.409 e. The van der Waals surface area contributed by atoms with Crippen molar-refractivity contribution in [2.75, 3.05) is 24.9 Å². The minimum Gasteiger partial charge on any atom is -0.506 e. The molecule has 0 aliphatic carbocycles. The number of benzene rings is 2. The summed E-state index contributed by atoms with van der Waals surface area (Å²) in [4.78, 5) is 15.3. The van der Waals surface area contributed by atoms with Crippen LogP contribution in [0.3, 0.4) is 0 Å². The number of anilines is 3. The number of nitriles is 1. The van der Waals surface area contributed by atoms with Crippen molar-refractivity contribution in [3.05, 3.63) is 42.1 Å². The van der Waals surface area contributed by atoms with Crippen LogP contribution in [0.25, 0.3) is 10.9 Å². The Morgan fingerprint density at radius 2 is 1.89 bits per heavy atom. The molecule has 9 nitrogen and oxygen atoms in total. The van der Waals surface area contributed by atoms with Crippen molar-refractivity contribution in [3.63, 3.8) is 0 Å². The second-order valence-corrected chi connectivity index (χ2v) is 5.64. The molecule has 0 atom stereocenters. The third-order valence-corrected chi connectivity index (χ3v) is 4.03. The van der Waals surface area contributed by atoms with Crippen LogP contribution in [0.4, 0.5) is 21.9 Å². The van der Waals surface area contributed by atoms with Crippen LogP contribution in [0.15, 0.2) is 36.5 Å². The number of nitrogens with zero attached hydrogens (tertiary/aromatic N) is 2. The maximum atomic E-state index is 11.1. The fourth-order valence-electron chi connectivity index (χ4n) is 2.76. The van der Waals surface area contributed by atoms with Crippen LogP contribution in [-0.4, -0.2) is 35.5 Å². The van der Waals surface area contributed by atoms with Gasteiger partial charge in [-0.15, -0.1) is 0 Å². The van der Waals surface area contributed by atoms with E-state index in [1.54, 1.807) is 24.3 Å². The van der Waals surface area contributed by atoms with E-state index in [1.165, 1.54) is 26.5 Å². The molecule has 1 amide bonds. The SMILES string of the molecule is COc1cc2ncc(C#N)c(Nc3cccc(O)c3NC(=O)O)c2cc1OC. The van der Waals surface area contributed by atoms with Crippen LogP contribution >= 0.6 is 0 Å². The summed E-state index contributed by atoms with van der Waals surface area (Å²) in [6.07, 6.45) is 0.0555. The van der Waals surface area contributed by atoms with Crippen LogP contribution < -0.4 is 20.1 Å². The highest BCUT2D eigenvalue weighted by molar-refractivity contribution is 6.00. The number of amides is 1. The van der Waals surface area contributed by atoms with Crippen molar-refractivity contribution in [1.82, 2.24) is 4.98 Å². The molecular weight excluding hydrogens is 364 g/mol. The zero-order valence-corrected chi connectivity index (χ0v) is 15.0. The number of ether oxygens (including phenoxy) is 2. The van der Waals surface area contributed by atoms with Gasteiger partial charge in [0.15, 0.2) is 11.5 Å². The molecule has 0 radical (unpaired) electrons. The normalized spacial score (nSPS) is 10.2. The Labute approximate surface area is 159 Å². The molecule has 0 bridgehead atoms. The van der Waals surface area contributed by atoms with E-state index >= 15 is 0 Å². The number of hydrogen-bond acceptors (Lipinski definition) is 7. The Balaban J connectivity index is 2.22. The van der Waals surface area contributed by atoms with E-state index < -0.39 is 6.09 Å². The van der Waals surface area contributed by atoms with E-state index in [2.05, 4.69) is 21.7 Å². The van der Waals surface area contributed by atoms with Crippen LogP contribution in [0.2, 0.25) is 0 Å². The van der Waals surface area contributed by atoms with Gasteiger partial charge in [0, 0.05) is 17.6 Å². The monoisotopic (exact) mass is 380 g/mol. The van der Waals surface area contributed by atoms with Crippen LogP contribution in [0, 0.1) is 11.3 Å². The van der Waals surface area contributed by atoms with Gasteiger partial charge >= 0.3 is 6.09 Å². The molecule has 0 aliphatic heterocycles. The number of rotatable bonds is 5. The molecule has 0 unspecified atom stereocenters. The average Bonchev–Trinajstić information content (AvgIpc) is 2.69. The molecule has 28 heavy (non-hydrogen) atoms. The lowest BCUT2D eigenvalue weighted by Crippen LogP contribution is -2.10. The largest absolute Gasteiger partial charge is 0.506 e. The number of pyridine rings is 1. The number of aromatic hydroxyl groups is 1. The summed E-state index contributed by atoms with van der Waals surface area (Å²) < 4.78 is 10.6. The smallest absolute Gasteiger partial charge is 0.409 e. The topological polar surface area (TPSA) is 137 Å². The second kappa shape index (κ2) is 7.59. The minimum absolute atomic E-state index is 0.0377. The van der Waals surface area contributed by atoms with E-state index in [0.717, 1.165) is 0 Å². The zero-order valence-electron chi connectivity index (χ0n) is 15.0. The van der Waals surface area contributed by atoms with Crippen molar-refractivity contribution >= 4 is 34.1 Å². The third-order valence-electron chi connectivity index (χ3n) is 4.03. The van der Waals surface area contributed by atoms with Crippen LogP contribution in [0.5, 0.6) is 17.2 Å². The summed E-state index contributed by atoms with van der Waals surface area (Å²) in [6.45, 7) is 0. The number of nitrogens with one attached hydrogen (secondary N) is 2. The second-order valence-electron chi connectivity index (χ2n) is 5.64. The molecule has 1 aromatic heterocycles. The number of carboxylic acid groups (broad SMARTS) is 1. The number of methoxy groups -OCH3 is 2. The van der Waals surface area contributed by atoms with E-state index in [1.807, 2.05) is 0 Å². The Morgan fingerprint density at radius 1 is 1.18 bits per heavy atom. The average molecular weight is 380 g/mol. The molecule has 0 fully saturated rings. The van der Waals surface area contributed by atoms with Crippen molar-refractivity contribution < 1.29 is 24.5 Å². The molecule has 0 saturated heterocycles. The predicted octanol–water partition coefficient (Wildman–Crippen LogP) is 3.66. The lowest BCUT2D eigenvalue weighted by Gasteiger charge is -2.17. The Bertz CT molecular complexity index is 1110. The number of carbonyl (C=O) groups is 1. The van der Waals surface area contributed by atoms with Gasteiger partial charge in [0.05, 0.1) is 36.7 Å². The lowest BCUT2D eigenvalue weighted by atomic mass is 10.1. The molecule has 9 heteroatoms. The van der Waals surface area contributed by atoms with E-state index in [0.29, 0.717) is 28.1 Å². The van der Waals surface area contributed by atoms with Crippen LogP contribution in [-0.2, 0) is 0 Å². The Hall–Kier alpha value is -4.19. The molecule has 3 rings (SSSR count). The first-order valence-corrected chi connectivity index (χ1v) is 8.02. The lowest BCUT2D eigenvalue weighted by molar-refractivity contribution is 0.209. The number of hydrogen-bond donors (Lipinski definition) is 4. The Morgan fingerprint density at radius 3 is 2.54 bits per heavy atom. The van der Waals surface area contributed by atoms with Gasteiger partial charge in [-0.2, -0.15) is 5.26 Å². The fraction of sp³-hybridized carbons (Fsp3) is 0.105. The highest BCUT2D eigenvalue weighted by Gasteiger charge is 2.17. The van der Waals surface area contributed by atoms with Gasteiger partial charge in [-0.05, 0) is 18.2 Å². The van der Waals surface area contributed by atoms with Gasteiger partial charge in [-0.1, -0.05) is 6.07 Å². The molecule has 2 aromatic carbocycles. The van der Waals surface area contributed by atoms with Gasteiger partial charge in [0.2, 0.25) is 0 Å². The maximum absolute atomic E-state index is 11.1. The van der Waals surface area contributed by atoms with Crippen molar-refractivity contribution in [2.24, 2.45) is 0 Å². The first-order valence-electron chi connectivity index (χ1n) is 8.02. The molecule has 0 aliphatic rings. The van der Waals surface area contributed by atoms with E-state index in [-0.39, 0.29) is 22.7 Å². The molecule has 4 N–H and O–H groups in total. The Kier molecular flexibility index (Phi) is 5.04.